The van der Waals surface area contributed by atoms with Gasteiger partial charge in [-0.1, -0.05) is 11.3 Å². The minimum absolute atomic E-state index is 0.262. The van der Waals surface area contributed by atoms with Gasteiger partial charge in [0.05, 0.1) is 16.6 Å². The minimum Gasteiger partial charge on any atom is -0.321 e. The molecule has 2 heterocycles. The van der Waals surface area contributed by atoms with E-state index in [4.69, 9.17) is 0 Å². The molecule has 1 amide bonds. The van der Waals surface area contributed by atoms with E-state index in [2.05, 4.69) is 14.7 Å². The number of benzene rings is 1. The smallest absolute Gasteiger partial charge is 0.267 e. The number of anilines is 2. The fourth-order valence-corrected chi connectivity index (χ4v) is 4.31. The second-order valence-corrected chi connectivity index (χ2v) is 9.00. The average molecular weight is 382 g/mol. The van der Waals surface area contributed by atoms with E-state index in [1.165, 1.54) is 18.6 Å². The first kappa shape index (κ1) is 16.8. The molecular formula is C14H14N4O3S3. The van der Waals surface area contributed by atoms with E-state index in [0.717, 1.165) is 32.0 Å². The largest absolute Gasteiger partial charge is 0.321 e. The molecule has 0 radical (unpaired) electrons. The van der Waals surface area contributed by atoms with Crippen molar-refractivity contribution in [3.05, 3.63) is 35.0 Å². The van der Waals surface area contributed by atoms with Crippen molar-refractivity contribution in [2.45, 2.75) is 6.92 Å². The van der Waals surface area contributed by atoms with Crippen LogP contribution in [-0.2, 0) is 10.0 Å². The zero-order chi connectivity index (χ0) is 17.5. The Morgan fingerprint density at radius 3 is 2.79 bits per heavy atom. The number of thiazole rings is 1. The molecule has 0 bridgehead atoms. The van der Waals surface area contributed by atoms with E-state index in [1.54, 1.807) is 19.2 Å². The van der Waals surface area contributed by atoms with Crippen LogP contribution in [-0.4, -0.2) is 37.0 Å². The van der Waals surface area contributed by atoms with Crippen molar-refractivity contribution >= 4 is 59.7 Å². The Kier molecular flexibility index (Phi) is 4.28. The number of nitrogens with one attached hydrogen (secondary N) is 1. The summed E-state index contributed by atoms with van der Waals surface area (Å²) in [5.74, 6) is -0.319. The van der Waals surface area contributed by atoms with Gasteiger partial charge >= 0.3 is 0 Å². The second kappa shape index (κ2) is 6.11. The van der Waals surface area contributed by atoms with Gasteiger partial charge in [-0.05, 0) is 36.7 Å². The lowest BCUT2D eigenvalue weighted by atomic mass is 10.2. The van der Waals surface area contributed by atoms with Crippen LogP contribution in [0.4, 0.5) is 10.8 Å². The van der Waals surface area contributed by atoms with Crippen LogP contribution in [0.15, 0.2) is 24.4 Å². The molecule has 126 valence electrons. The number of hydrogen-bond acceptors (Lipinski definition) is 7. The van der Waals surface area contributed by atoms with Crippen LogP contribution in [0.1, 0.15) is 15.4 Å². The van der Waals surface area contributed by atoms with Gasteiger partial charge < -0.3 is 5.32 Å². The quantitative estimate of drug-likeness (QED) is 0.749. The van der Waals surface area contributed by atoms with Gasteiger partial charge in [-0.3, -0.25) is 4.79 Å². The van der Waals surface area contributed by atoms with Crippen molar-refractivity contribution in [3.8, 4) is 0 Å². The van der Waals surface area contributed by atoms with Gasteiger partial charge in [0.1, 0.15) is 4.88 Å². The third kappa shape index (κ3) is 3.25. The van der Waals surface area contributed by atoms with Gasteiger partial charge in [0.2, 0.25) is 10.0 Å². The lowest BCUT2D eigenvalue weighted by molar-refractivity contribution is 0.103. The van der Waals surface area contributed by atoms with E-state index in [-0.39, 0.29) is 11.0 Å². The summed E-state index contributed by atoms with van der Waals surface area (Å²) in [6.45, 7) is 1.68. The summed E-state index contributed by atoms with van der Waals surface area (Å²) in [5, 5.41) is 4.03. The molecule has 3 rings (SSSR count). The van der Waals surface area contributed by atoms with Crippen molar-refractivity contribution in [1.82, 2.24) is 9.36 Å². The molecule has 7 nitrogen and oxygen atoms in total. The Bertz CT molecular complexity index is 1020. The van der Waals surface area contributed by atoms with Gasteiger partial charge in [0, 0.05) is 24.3 Å². The molecule has 0 saturated heterocycles. The Morgan fingerprint density at radius 2 is 2.08 bits per heavy atom. The number of sulfonamides is 1. The normalized spacial score (nSPS) is 11.6. The van der Waals surface area contributed by atoms with Crippen molar-refractivity contribution in [1.29, 1.82) is 0 Å². The van der Waals surface area contributed by atoms with Crippen LogP contribution in [0.25, 0.3) is 10.1 Å². The number of amides is 1. The van der Waals surface area contributed by atoms with E-state index in [0.29, 0.717) is 16.3 Å². The van der Waals surface area contributed by atoms with Gasteiger partial charge in [0.15, 0.2) is 5.13 Å². The predicted molar refractivity (Wildman–Crippen MR) is 97.7 cm³/mol. The van der Waals surface area contributed by atoms with Crippen LogP contribution in [0.3, 0.4) is 0 Å². The fraction of sp³-hybridized carbons (Fsp3) is 0.214. The van der Waals surface area contributed by atoms with Crippen LogP contribution >= 0.6 is 22.9 Å². The van der Waals surface area contributed by atoms with Gasteiger partial charge in [-0.2, -0.15) is 4.37 Å². The van der Waals surface area contributed by atoms with E-state index >= 15 is 0 Å². The lowest BCUT2D eigenvalue weighted by Gasteiger charge is -2.11. The molecule has 2 aromatic heterocycles. The molecule has 10 heteroatoms. The first-order valence-corrected chi connectivity index (χ1v) is 10.3. The summed E-state index contributed by atoms with van der Waals surface area (Å²) in [5.41, 5.74) is 1.14. The number of nitrogens with zero attached hydrogens (tertiary/aromatic N) is 3. The van der Waals surface area contributed by atoms with Gasteiger partial charge in [-0.25, -0.2) is 17.7 Å². The highest BCUT2D eigenvalue weighted by Gasteiger charge is 2.21. The minimum atomic E-state index is -3.42. The molecule has 1 aromatic carbocycles. The monoisotopic (exact) mass is 382 g/mol. The molecule has 0 aliphatic carbocycles. The molecule has 0 fully saturated rings. The summed E-state index contributed by atoms with van der Waals surface area (Å²) in [6.07, 6.45) is 2.83. The van der Waals surface area contributed by atoms with Crippen LogP contribution in [0.2, 0.25) is 0 Å². The van der Waals surface area contributed by atoms with E-state index < -0.39 is 10.0 Å². The zero-order valence-corrected chi connectivity index (χ0v) is 15.6. The summed E-state index contributed by atoms with van der Waals surface area (Å²) >= 11 is 2.43. The summed E-state index contributed by atoms with van der Waals surface area (Å²) in [4.78, 5) is 17.0. The summed E-state index contributed by atoms with van der Waals surface area (Å²) in [6, 6.07) is 5.54. The highest BCUT2D eigenvalue weighted by molar-refractivity contribution is 7.92. The third-order valence-corrected chi connectivity index (χ3v) is 6.66. The molecule has 0 unspecified atom stereocenters. The number of aromatic nitrogens is 2. The van der Waals surface area contributed by atoms with E-state index in [9.17, 15) is 13.2 Å². The molecule has 24 heavy (non-hydrogen) atoms. The maximum atomic E-state index is 12.5. The first-order chi connectivity index (χ1) is 11.3. The number of carbonyl (C=O) groups excluding carboxylic acids is 1. The molecule has 0 atom stereocenters. The molecule has 0 saturated carbocycles. The highest BCUT2D eigenvalue weighted by Crippen LogP contribution is 2.28. The van der Waals surface area contributed by atoms with E-state index in [1.807, 2.05) is 12.1 Å². The number of carbonyl (C=O) groups is 1. The molecular weight excluding hydrogens is 368 g/mol. The van der Waals surface area contributed by atoms with Crippen LogP contribution in [0.5, 0.6) is 0 Å². The van der Waals surface area contributed by atoms with Crippen molar-refractivity contribution in [3.63, 3.8) is 0 Å². The maximum absolute atomic E-state index is 12.5. The molecule has 0 aliphatic heterocycles. The topological polar surface area (TPSA) is 92.3 Å². The fourth-order valence-electron chi connectivity index (χ4n) is 2.01. The highest BCUT2D eigenvalue weighted by atomic mass is 32.2. The Labute approximate surface area is 147 Å². The Morgan fingerprint density at radius 1 is 1.33 bits per heavy atom. The Hall–Kier alpha value is -2.04. The van der Waals surface area contributed by atoms with Crippen LogP contribution in [0, 0.1) is 6.92 Å². The zero-order valence-electron chi connectivity index (χ0n) is 13.1. The van der Waals surface area contributed by atoms with Crippen molar-refractivity contribution in [2.75, 3.05) is 22.9 Å². The molecule has 3 aromatic rings. The lowest BCUT2D eigenvalue weighted by Crippen LogP contribution is -2.24. The van der Waals surface area contributed by atoms with Crippen molar-refractivity contribution < 1.29 is 13.2 Å². The molecule has 1 N–H and O–H groups in total. The van der Waals surface area contributed by atoms with Crippen molar-refractivity contribution in [2.24, 2.45) is 0 Å². The maximum Gasteiger partial charge on any atom is 0.267 e. The average Bonchev–Trinajstić information content (AvgIpc) is 3.11. The summed E-state index contributed by atoms with van der Waals surface area (Å²) in [7, 11) is -2.01. The predicted octanol–water partition coefficient (Wildman–Crippen LogP) is 2.71. The first-order valence-electron chi connectivity index (χ1n) is 6.83. The molecule has 0 spiro atoms. The summed E-state index contributed by atoms with van der Waals surface area (Å²) < 4.78 is 29.4. The SMILES string of the molecule is Cc1nc(N(C)S(C)(=O)=O)sc1C(=O)Nc1ccc2sncc2c1. The number of fused-ring (bicyclic) bond motifs is 1. The van der Waals surface area contributed by atoms with Gasteiger partial charge in [-0.15, -0.1) is 0 Å². The standard InChI is InChI=1S/C14H14N4O3S3/c1-8-12(22-14(16-8)18(2)24(3,20)21)13(19)17-10-4-5-11-9(6-10)7-15-23-11/h4-7H,1-3H3,(H,17,19). The number of aryl methyl sites for hydroxylation is 1. The number of hydrogen-bond donors (Lipinski definition) is 1. The second-order valence-electron chi connectivity index (χ2n) is 5.17. The molecule has 0 aliphatic rings. The van der Waals surface area contributed by atoms with Crippen LogP contribution < -0.4 is 9.62 Å². The Balaban J connectivity index is 1.86. The number of rotatable bonds is 4. The van der Waals surface area contributed by atoms with Gasteiger partial charge in [0.25, 0.3) is 5.91 Å². The third-order valence-electron chi connectivity index (χ3n) is 3.37.